The molecule has 1 unspecified atom stereocenters. The summed E-state index contributed by atoms with van der Waals surface area (Å²) in [5, 5.41) is 3.42. The Morgan fingerprint density at radius 1 is 1.25 bits per heavy atom. The number of aryl methyl sites for hydroxylation is 1. The molecule has 3 rings (SSSR count). The molecule has 0 radical (unpaired) electrons. The Hall–Kier alpha value is -2.10. The first-order valence-electron chi connectivity index (χ1n) is 7.14. The lowest BCUT2D eigenvalue weighted by Gasteiger charge is -2.19. The lowest BCUT2D eigenvalue weighted by molar-refractivity contribution is 0.621. The Bertz CT molecular complexity index is 555. The zero-order chi connectivity index (χ0) is 13.8. The molecule has 0 aromatic carbocycles. The maximum absolute atomic E-state index is 4.30. The minimum atomic E-state index is 0.672. The maximum Gasteiger partial charge on any atom is 0.125 e. The zero-order valence-electron chi connectivity index (χ0n) is 11.8. The molecule has 3 heterocycles. The Morgan fingerprint density at radius 2 is 2.20 bits per heavy atom. The molecular formula is C16H20N4. The summed E-state index contributed by atoms with van der Waals surface area (Å²) in [6.07, 6.45) is 4.94. The molecule has 1 N–H and O–H groups in total. The molecular weight excluding hydrogens is 248 g/mol. The summed E-state index contributed by atoms with van der Waals surface area (Å²) in [4.78, 5) is 11.0. The van der Waals surface area contributed by atoms with Crippen LogP contribution in [0.25, 0.3) is 0 Å². The van der Waals surface area contributed by atoms with Gasteiger partial charge in [-0.05, 0) is 43.5 Å². The van der Waals surface area contributed by atoms with Crippen LogP contribution >= 0.6 is 0 Å². The fourth-order valence-electron chi connectivity index (χ4n) is 2.68. The van der Waals surface area contributed by atoms with Gasteiger partial charge in [-0.3, -0.25) is 4.98 Å². The van der Waals surface area contributed by atoms with E-state index < -0.39 is 0 Å². The van der Waals surface area contributed by atoms with Crippen LogP contribution in [0.3, 0.4) is 0 Å². The van der Waals surface area contributed by atoms with Crippen molar-refractivity contribution in [3.8, 4) is 0 Å². The number of nitrogens with one attached hydrogen (secondary N) is 1. The lowest BCUT2D eigenvalue weighted by atomic mass is 10.1. The molecule has 1 fully saturated rings. The molecule has 4 heteroatoms. The van der Waals surface area contributed by atoms with Crippen molar-refractivity contribution in [2.75, 3.05) is 29.9 Å². The van der Waals surface area contributed by atoms with Crippen LogP contribution in [-0.4, -0.2) is 29.6 Å². The average molecular weight is 268 g/mol. The van der Waals surface area contributed by atoms with Gasteiger partial charge in [0.15, 0.2) is 0 Å². The highest BCUT2D eigenvalue weighted by Crippen LogP contribution is 2.24. The molecule has 0 saturated carbocycles. The van der Waals surface area contributed by atoms with Crippen LogP contribution in [0.15, 0.2) is 42.7 Å². The molecule has 104 valence electrons. The number of rotatable bonds is 4. The van der Waals surface area contributed by atoms with E-state index in [1.54, 1.807) is 0 Å². The van der Waals surface area contributed by atoms with Crippen molar-refractivity contribution in [3.05, 3.63) is 48.4 Å². The lowest BCUT2D eigenvalue weighted by Crippen LogP contribution is -2.22. The summed E-state index contributed by atoms with van der Waals surface area (Å²) in [6, 6.07) is 10.2. The normalized spacial score (nSPS) is 18.2. The van der Waals surface area contributed by atoms with E-state index in [4.69, 9.17) is 0 Å². The van der Waals surface area contributed by atoms with E-state index >= 15 is 0 Å². The van der Waals surface area contributed by atoms with Gasteiger partial charge in [0.2, 0.25) is 0 Å². The highest BCUT2D eigenvalue weighted by Gasteiger charge is 2.22. The molecule has 1 saturated heterocycles. The van der Waals surface area contributed by atoms with Crippen LogP contribution in [0, 0.1) is 12.8 Å². The van der Waals surface area contributed by atoms with Crippen LogP contribution in [0.1, 0.15) is 12.1 Å². The van der Waals surface area contributed by atoms with Gasteiger partial charge in [0.05, 0.1) is 0 Å². The number of nitrogens with zero attached hydrogens (tertiary/aromatic N) is 3. The second-order valence-electron chi connectivity index (χ2n) is 5.35. The highest BCUT2D eigenvalue weighted by molar-refractivity contribution is 5.47. The minimum Gasteiger partial charge on any atom is -0.371 e. The van der Waals surface area contributed by atoms with Gasteiger partial charge in [-0.1, -0.05) is 6.07 Å². The number of pyridine rings is 2. The summed E-state index contributed by atoms with van der Waals surface area (Å²) >= 11 is 0. The molecule has 0 aliphatic carbocycles. The van der Waals surface area contributed by atoms with E-state index in [1.165, 1.54) is 12.1 Å². The van der Waals surface area contributed by atoms with Gasteiger partial charge in [0.1, 0.15) is 5.82 Å². The van der Waals surface area contributed by atoms with Crippen molar-refractivity contribution in [1.29, 1.82) is 0 Å². The predicted octanol–water partition coefficient (Wildman–Crippen LogP) is 2.72. The van der Waals surface area contributed by atoms with Gasteiger partial charge in [0.25, 0.3) is 0 Å². The van der Waals surface area contributed by atoms with Crippen LogP contribution in [0.5, 0.6) is 0 Å². The Morgan fingerprint density at radius 3 is 3.00 bits per heavy atom. The first kappa shape index (κ1) is 12.9. The molecule has 2 aromatic rings. The second-order valence-corrected chi connectivity index (χ2v) is 5.35. The highest BCUT2D eigenvalue weighted by atomic mass is 15.2. The molecule has 1 aliphatic rings. The summed E-state index contributed by atoms with van der Waals surface area (Å²) in [5.74, 6) is 1.64. The van der Waals surface area contributed by atoms with Crippen molar-refractivity contribution in [1.82, 2.24) is 9.97 Å². The fourth-order valence-corrected chi connectivity index (χ4v) is 2.68. The van der Waals surface area contributed by atoms with Crippen molar-refractivity contribution in [2.24, 2.45) is 5.92 Å². The van der Waals surface area contributed by atoms with Gasteiger partial charge in [-0.25, -0.2) is 4.98 Å². The first-order valence-corrected chi connectivity index (χ1v) is 7.14. The molecule has 20 heavy (non-hydrogen) atoms. The second kappa shape index (κ2) is 5.90. The van der Waals surface area contributed by atoms with Crippen molar-refractivity contribution >= 4 is 11.5 Å². The third kappa shape index (κ3) is 3.07. The smallest absolute Gasteiger partial charge is 0.125 e. The number of hydrogen-bond acceptors (Lipinski definition) is 4. The summed E-state index contributed by atoms with van der Waals surface area (Å²) in [5.41, 5.74) is 2.37. The van der Waals surface area contributed by atoms with Crippen LogP contribution in [0.4, 0.5) is 11.5 Å². The minimum absolute atomic E-state index is 0.672. The molecule has 4 nitrogen and oxygen atoms in total. The van der Waals surface area contributed by atoms with E-state index in [0.29, 0.717) is 5.92 Å². The van der Waals surface area contributed by atoms with E-state index in [9.17, 15) is 0 Å². The van der Waals surface area contributed by atoms with Crippen LogP contribution in [-0.2, 0) is 0 Å². The Balaban J connectivity index is 1.55. The van der Waals surface area contributed by atoms with Crippen LogP contribution < -0.4 is 10.2 Å². The predicted molar refractivity (Wildman–Crippen MR) is 82.0 cm³/mol. The molecule has 2 aromatic heterocycles. The van der Waals surface area contributed by atoms with Gasteiger partial charge in [-0.15, -0.1) is 0 Å². The van der Waals surface area contributed by atoms with Gasteiger partial charge >= 0.3 is 0 Å². The van der Waals surface area contributed by atoms with Gasteiger partial charge < -0.3 is 10.2 Å². The molecule has 1 aliphatic heterocycles. The zero-order valence-corrected chi connectivity index (χ0v) is 11.8. The van der Waals surface area contributed by atoms with Crippen molar-refractivity contribution < 1.29 is 0 Å². The average Bonchev–Trinajstić information content (AvgIpc) is 2.95. The number of anilines is 2. The molecule has 1 atom stereocenters. The van der Waals surface area contributed by atoms with E-state index in [-0.39, 0.29) is 0 Å². The monoisotopic (exact) mass is 268 g/mol. The summed E-state index contributed by atoms with van der Waals surface area (Å²) in [7, 11) is 0. The number of hydrogen-bond donors (Lipinski definition) is 1. The van der Waals surface area contributed by atoms with Gasteiger partial charge in [0, 0.05) is 43.4 Å². The van der Waals surface area contributed by atoms with Crippen LogP contribution in [0.2, 0.25) is 0 Å². The fraction of sp³-hybridized carbons (Fsp3) is 0.375. The van der Waals surface area contributed by atoms with Crippen molar-refractivity contribution in [3.63, 3.8) is 0 Å². The topological polar surface area (TPSA) is 41.0 Å². The molecule has 0 amide bonds. The van der Waals surface area contributed by atoms with Crippen molar-refractivity contribution in [2.45, 2.75) is 13.3 Å². The van der Waals surface area contributed by atoms with Gasteiger partial charge in [-0.2, -0.15) is 0 Å². The van der Waals surface area contributed by atoms with E-state index in [1.807, 2.05) is 37.5 Å². The quantitative estimate of drug-likeness (QED) is 0.925. The third-order valence-corrected chi connectivity index (χ3v) is 3.77. The third-order valence-electron chi connectivity index (χ3n) is 3.77. The first-order chi connectivity index (χ1) is 9.81. The Labute approximate surface area is 119 Å². The SMILES string of the molecule is Cc1cc(N2CCC(CNc3ccccn3)C2)ccn1. The summed E-state index contributed by atoms with van der Waals surface area (Å²) < 4.78 is 0. The number of aromatic nitrogens is 2. The Kier molecular flexibility index (Phi) is 3.81. The molecule has 0 bridgehead atoms. The summed E-state index contributed by atoms with van der Waals surface area (Å²) in [6.45, 7) is 5.25. The molecule has 0 spiro atoms. The van der Waals surface area contributed by atoms with E-state index in [2.05, 4.69) is 32.3 Å². The van der Waals surface area contributed by atoms with E-state index in [0.717, 1.165) is 31.1 Å². The maximum atomic E-state index is 4.30. The largest absolute Gasteiger partial charge is 0.371 e. The standard InChI is InChI=1S/C16H20N4/c1-13-10-15(5-8-17-13)20-9-6-14(12-20)11-19-16-4-2-3-7-18-16/h2-5,7-8,10,14H,6,9,11-12H2,1H3,(H,18,19).